The molecule has 0 aliphatic heterocycles. The van der Waals surface area contributed by atoms with Gasteiger partial charge in [-0.3, -0.25) is 0 Å². The molecule has 3 nitrogen and oxygen atoms in total. The van der Waals surface area contributed by atoms with E-state index < -0.39 is 18.5 Å². The summed E-state index contributed by atoms with van der Waals surface area (Å²) >= 11 is 0. The van der Waals surface area contributed by atoms with Crippen LogP contribution < -0.4 is 10.2 Å². The zero-order valence-electron chi connectivity index (χ0n) is 11.6. The van der Waals surface area contributed by atoms with Gasteiger partial charge in [0.1, 0.15) is 18.2 Å². The Labute approximate surface area is 116 Å². The molecule has 1 rings (SSSR count). The van der Waals surface area contributed by atoms with Crippen molar-refractivity contribution in [1.82, 2.24) is 10.3 Å². The van der Waals surface area contributed by atoms with E-state index in [2.05, 4.69) is 10.3 Å². The molecule has 114 valence electrons. The standard InChI is InChI=1S/C13H19F4N3/c1-3-5-18-7-10-6-11(14)8-19-12(10)20(4-2)9-13(15,16)17/h6,8,18H,3-5,7,9H2,1-2H3. The molecule has 20 heavy (non-hydrogen) atoms. The summed E-state index contributed by atoms with van der Waals surface area (Å²) in [5.74, 6) is -0.375. The van der Waals surface area contributed by atoms with E-state index in [0.29, 0.717) is 18.7 Å². The zero-order valence-corrected chi connectivity index (χ0v) is 11.6. The number of hydrogen-bond acceptors (Lipinski definition) is 3. The molecule has 0 aliphatic carbocycles. The van der Waals surface area contributed by atoms with E-state index in [0.717, 1.165) is 17.5 Å². The van der Waals surface area contributed by atoms with E-state index in [1.807, 2.05) is 6.92 Å². The summed E-state index contributed by atoms with van der Waals surface area (Å²) < 4.78 is 50.8. The number of halogens is 4. The maximum Gasteiger partial charge on any atom is 0.405 e. The molecular formula is C13H19F4N3. The monoisotopic (exact) mass is 293 g/mol. The van der Waals surface area contributed by atoms with Gasteiger partial charge in [-0.25, -0.2) is 9.37 Å². The smallest absolute Gasteiger partial charge is 0.348 e. The van der Waals surface area contributed by atoms with E-state index in [-0.39, 0.29) is 12.4 Å². The van der Waals surface area contributed by atoms with Gasteiger partial charge in [0.05, 0.1) is 6.20 Å². The molecule has 0 saturated heterocycles. The van der Waals surface area contributed by atoms with Gasteiger partial charge in [0.15, 0.2) is 0 Å². The molecule has 0 bridgehead atoms. The molecule has 0 fully saturated rings. The first kappa shape index (κ1) is 16.7. The topological polar surface area (TPSA) is 28.2 Å². The second-order valence-electron chi connectivity index (χ2n) is 4.44. The Kier molecular flexibility index (Phi) is 6.19. The van der Waals surface area contributed by atoms with Crippen LogP contribution in [0, 0.1) is 5.82 Å². The van der Waals surface area contributed by atoms with Crippen LogP contribution in [-0.4, -0.2) is 30.8 Å². The highest BCUT2D eigenvalue weighted by Gasteiger charge is 2.31. The van der Waals surface area contributed by atoms with Gasteiger partial charge in [0.2, 0.25) is 0 Å². The third-order valence-corrected chi connectivity index (χ3v) is 2.70. The van der Waals surface area contributed by atoms with Crippen molar-refractivity contribution in [3.63, 3.8) is 0 Å². The molecule has 0 amide bonds. The van der Waals surface area contributed by atoms with E-state index >= 15 is 0 Å². The summed E-state index contributed by atoms with van der Waals surface area (Å²) in [6.45, 7) is 3.64. The largest absolute Gasteiger partial charge is 0.405 e. The Morgan fingerprint density at radius 1 is 1.30 bits per heavy atom. The maximum atomic E-state index is 13.2. The van der Waals surface area contributed by atoms with Crippen molar-refractivity contribution in [2.24, 2.45) is 0 Å². The first-order valence-electron chi connectivity index (χ1n) is 6.54. The summed E-state index contributed by atoms with van der Waals surface area (Å²) in [7, 11) is 0. The number of anilines is 1. The molecule has 0 saturated carbocycles. The number of nitrogens with one attached hydrogen (secondary N) is 1. The third-order valence-electron chi connectivity index (χ3n) is 2.70. The van der Waals surface area contributed by atoms with Crippen LogP contribution in [0.15, 0.2) is 12.3 Å². The lowest BCUT2D eigenvalue weighted by molar-refractivity contribution is -0.119. The molecule has 0 aromatic carbocycles. The molecule has 0 aliphatic rings. The lowest BCUT2D eigenvalue weighted by Crippen LogP contribution is -2.35. The molecule has 0 atom stereocenters. The third kappa shape index (κ3) is 5.32. The van der Waals surface area contributed by atoms with Crippen molar-refractivity contribution in [1.29, 1.82) is 0 Å². The van der Waals surface area contributed by atoms with Gasteiger partial charge in [-0.15, -0.1) is 0 Å². The minimum atomic E-state index is -4.32. The van der Waals surface area contributed by atoms with Crippen molar-refractivity contribution >= 4 is 5.82 Å². The van der Waals surface area contributed by atoms with Crippen LogP contribution in [0.4, 0.5) is 23.4 Å². The number of alkyl halides is 3. The van der Waals surface area contributed by atoms with Crippen molar-refractivity contribution in [3.8, 4) is 0 Å². The van der Waals surface area contributed by atoms with Gasteiger partial charge < -0.3 is 10.2 Å². The normalized spacial score (nSPS) is 11.7. The summed E-state index contributed by atoms with van der Waals surface area (Å²) in [6, 6.07) is 1.23. The fourth-order valence-corrected chi connectivity index (χ4v) is 1.84. The first-order valence-corrected chi connectivity index (χ1v) is 6.54. The van der Waals surface area contributed by atoms with Gasteiger partial charge in [-0.1, -0.05) is 6.92 Å². The maximum absolute atomic E-state index is 13.2. The van der Waals surface area contributed by atoms with Gasteiger partial charge >= 0.3 is 6.18 Å². The number of pyridine rings is 1. The number of nitrogens with zero attached hydrogens (tertiary/aromatic N) is 2. The predicted octanol–water partition coefficient (Wildman–Crippen LogP) is 3.11. The molecule has 1 heterocycles. The molecular weight excluding hydrogens is 274 g/mol. The van der Waals surface area contributed by atoms with Crippen LogP contribution >= 0.6 is 0 Å². The van der Waals surface area contributed by atoms with Crippen LogP contribution in [0.2, 0.25) is 0 Å². The SMILES string of the molecule is CCCNCc1cc(F)cnc1N(CC)CC(F)(F)F. The van der Waals surface area contributed by atoms with Crippen LogP contribution in [0.1, 0.15) is 25.8 Å². The Morgan fingerprint density at radius 2 is 2.00 bits per heavy atom. The lowest BCUT2D eigenvalue weighted by Gasteiger charge is -2.25. The van der Waals surface area contributed by atoms with Crippen molar-refractivity contribution in [3.05, 3.63) is 23.6 Å². The number of hydrogen-bond donors (Lipinski definition) is 1. The zero-order chi connectivity index (χ0) is 15.2. The summed E-state index contributed by atoms with van der Waals surface area (Å²) in [5, 5.41) is 3.05. The average molecular weight is 293 g/mol. The lowest BCUT2D eigenvalue weighted by atomic mass is 10.2. The van der Waals surface area contributed by atoms with Gasteiger partial charge in [0.25, 0.3) is 0 Å². The quantitative estimate of drug-likeness (QED) is 0.618. The molecule has 0 unspecified atom stereocenters. The second-order valence-corrected chi connectivity index (χ2v) is 4.44. The van der Waals surface area contributed by atoms with E-state index in [9.17, 15) is 17.6 Å². The Morgan fingerprint density at radius 3 is 2.55 bits per heavy atom. The van der Waals surface area contributed by atoms with E-state index in [1.54, 1.807) is 6.92 Å². The molecule has 1 aromatic heterocycles. The summed E-state index contributed by atoms with van der Waals surface area (Å²) in [4.78, 5) is 4.92. The fourth-order valence-electron chi connectivity index (χ4n) is 1.84. The molecule has 1 aromatic rings. The highest BCUT2D eigenvalue weighted by atomic mass is 19.4. The molecule has 0 spiro atoms. The summed E-state index contributed by atoms with van der Waals surface area (Å²) in [6.07, 6.45) is -2.49. The minimum absolute atomic E-state index is 0.152. The number of rotatable bonds is 7. The molecule has 1 N–H and O–H groups in total. The second kappa shape index (κ2) is 7.42. The van der Waals surface area contributed by atoms with Crippen LogP contribution in [0.25, 0.3) is 0 Å². The van der Waals surface area contributed by atoms with E-state index in [4.69, 9.17) is 0 Å². The van der Waals surface area contributed by atoms with Crippen molar-refractivity contribution in [2.45, 2.75) is 33.0 Å². The number of aromatic nitrogens is 1. The van der Waals surface area contributed by atoms with Crippen molar-refractivity contribution in [2.75, 3.05) is 24.5 Å². The Hall–Kier alpha value is -1.37. The van der Waals surface area contributed by atoms with E-state index in [1.165, 1.54) is 6.07 Å². The highest BCUT2D eigenvalue weighted by Crippen LogP contribution is 2.23. The summed E-state index contributed by atoms with van der Waals surface area (Å²) in [5.41, 5.74) is 0.435. The van der Waals surface area contributed by atoms with Crippen LogP contribution in [0.5, 0.6) is 0 Å². The van der Waals surface area contributed by atoms with Crippen molar-refractivity contribution < 1.29 is 17.6 Å². The Bertz CT molecular complexity index is 421. The Balaban J connectivity index is 2.95. The van der Waals surface area contributed by atoms with Gasteiger partial charge in [-0.2, -0.15) is 13.2 Å². The average Bonchev–Trinajstić information content (AvgIpc) is 2.36. The fraction of sp³-hybridized carbons (Fsp3) is 0.615. The van der Waals surface area contributed by atoms with Crippen LogP contribution in [0.3, 0.4) is 0 Å². The molecule has 0 radical (unpaired) electrons. The highest BCUT2D eigenvalue weighted by molar-refractivity contribution is 5.47. The van der Waals surface area contributed by atoms with Gasteiger partial charge in [0, 0.05) is 18.7 Å². The predicted molar refractivity (Wildman–Crippen MR) is 70.1 cm³/mol. The first-order chi connectivity index (χ1) is 9.37. The van der Waals surface area contributed by atoms with Crippen LogP contribution in [-0.2, 0) is 6.54 Å². The minimum Gasteiger partial charge on any atom is -0.348 e. The van der Waals surface area contributed by atoms with Gasteiger partial charge in [-0.05, 0) is 26.0 Å². The molecule has 7 heteroatoms.